The second-order valence-corrected chi connectivity index (χ2v) is 7.31. The van der Waals surface area contributed by atoms with E-state index in [4.69, 9.17) is 0 Å². The molecule has 0 N–H and O–H groups in total. The predicted octanol–water partition coefficient (Wildman–Crippen LogP) is 4.68. The number of benzene rings is 1. The number of halogens is 3. The fourth-order valence-corrected chi connectivity index (χ4v) is 4.11. The van der Waals surface area contributed by atoms with Gasteiger partial charge in [-0.1, -0.05) is 24.3 Å². The SMILES string of the molecule is FC(F)(F)c1cc(N2CCC[C@H](c3nnc4ccccn34)C2)c2ccccc2n1. The molecule has 0 bridgehead atoms. The van der Waals surface area contributed by atoms with Crippen LogP contribution in [0, 0.1) is 0 Å². The number of rotatable bonds is 2. The van der Waals surface area contributed by atoms with E-state index in [1.165, 1.54) is 6.07 Å². The van der Waals surface area contributed by atoms with Gasteiger partial charge in [-0.15, -0.1) is 10.2 Å². The van der Waals surface area contributed by atoms with Gasteiger partial charge in [0.15, 0.2) is 5.65 Å². The zero-order chi connectivity index (χ0) is 20.0. The normalized spacial score (nSPS) is 17.9. The summed E-state index contributed by atoms with van der Waals surface area (Å²) in [7, 11) is 0. The molecular formula is C21H18F3N5. The summed E-state index contributed by atoms with van der Waals surface area (Å²) in [6.07, 6.45) is -0.782. The van der Waals surface area contributed by atoms with Crippen LogP contribution in [0.25, 0.3) is 16.6 Å². The third-order valence-electron chi connectivity index (χ3n) is 5.45. The summed E-state index contributed by atoms with van der Waals surface area (Å²) in [4.78, 5) is 5.86. The Labute approximate surface area is 164 Å². The van der Waals surface area contributed by atoms with Crippen molar-refractivity contribution in [3.05, 3.63) is 66.2 Å². The lowest BCUT2D eigenvalue weighted by Crippen LogP contribution is -2.35. The molecule has 0 unspecified atom stereocenters. The van der Waals surface area contributed by atoms with Crippen molar-refractivity contribution in [2.75, 3.05) is 18.0 Å². The lowest BCUT2D eigenvalue weighted by atomic mass is 9.96. The summed E-state index contributed by atoms with van der Waals surface area (Å²) < 4.78 is 42.3. The molecule has 8 heteroatoms. The zero-order valence-corrected chi connectivity index (χ0v) is 15.5. The number of aromatic nitrogens is 4. The highest BCUT2D eigenvalue weighted by atomic mass is 19.4. The molecule has 1 aromatic carbocycles. The molecule has 5 nitrogen and oxygen atoms in total. The summed E-state index contributed by atoms with van der Waals surface area (Å²) in [5.41, 5.74) is 0.836. The summed E-state index contributed by atoms with van der Waals surface area (Å²) in [5, 5.41) is 9.31. The van der Waals surface area contributed by atoms with Crippen molar-refractivity contribution in [3.63, 3.8) is 0 Å². The van der Waals surface area contributed by atoms with Crippen molar-refractivity contribution in [1.29, 1.82) is 0 Å². The maximum absolute atomic E-state index is 13.4. The average molecular weight is 397 g/mol. The van der Waals surface area contributed by atoms with Gasteiger partial charge in [-0.05, 0) is 37.1 Å². The molecule has 29 heavy (non-hydrogen) atoms. The van der Waals surface area contributed by atoms with E-state index in [1.807, 2.05) is 45.8 Å². The lowest BCUT2D eigenvalue weighted by Gasteiger charge is -2.34. The minimum atomic E-state index is -4.49. The summed E-state index contributed by atoms with van der Waals surface area (Å²) in [6, 6.07) is 13.9. The van der Waals surface area contributed by atoms with Crippen molar-refractivity contribution in [2.45, 2.75) is 24.9 Å². The largest absolute Gasteiger partial charge is 0.433 e. The van der Waals surface area contributed by atoms with Gasteiger partial charge in [0.2, 0.25) is 0 Å². The van der Waals surface area contributed by atoms with Crippen LogP contribution >= 0.6 is 0 Å². The van der Waals surface area contributed by atoms with E-state index in [0.29, 0.717) is 24.3 Å². The van der Waals surface area contributed by atoms with Gasteiger partial charge in [0.25, 0.3) is 0 Å². The second-order valence-electron chi connectivity index (χ2n) is 7.31. The first kappa shape index (κ1) is 17.9. The molecular weight excluding hydrogens is 379 g/mol. The van der Waals surface area contributed by atoms with Crippen LogP contribution in [0.2, 0.25) is 0 Å². The Bertz CT molecular complexity index is 1180. The molecule has 0 amide bonds. The quantitative estimate of drug-likeness (QED) is 0.493. The number of para-hydroxylation sites is 1. The highest BCUT2D eigenvalue weighted by molar-refractivity contribution is 5.92. The molecule has 0 spiro atoms. The molecule has 0 aliphatic carbocycles. The Morgan fingerprint density at radius 3 is 2.69 bits per heavy atom. The third-order valence-corrected chi connectivity index (χ3v) is 5.45. The van der Waals surface area contributed by atoms with E-state index in [0.717, 1.165) is 29.7 Å². The monoisotopic (exact) mass is 397 g/mol. The van der Waals surface area contributed by atoms with E-state index in [-0.39, 0.29) is 5.92 Å². The minimum absolute atomic E-state index is 0.0856. The molecule has 5 rings (SSSR count). The van der Waals surface area contributed by atoms with Gasteiger partial charge >= 0.3 is 6.18 Å². The van der Waals surface area contributed by atoms with Crippen LogP contribution in [0.1, 0.15) is 30.3 Å². The molecule has 1 aliphatic rings. The highest BCUT2D eigenvalue weighted by Gasteiger charge is 2.35. The number of hydrogen-bond donors (Lipinski definition) is 0. The van der Waals surface area contributed by atoms with E-state index < -0.39 is 11.9 Å². The molecule has 3 aromatic heterocycles. The topological polar surface area (TPSA) is 46.3 Å². The Hall–Kier alpha value is -3.16. The minimum Gasteiger partial charge on any atom is -0.370 e. The van der Waals surface area contributed by atoms with Crippen molar-refractivity contribution in [3.8, 4) is 0 Å². The number of piperidine rings is 1. The van der Waals surface area contributed by atoms with Crippen LogP contribution in [-0.4, -0.2) is 32.7 Å². The van der Waals surface area contributed by atoms with Gasteiger partial charge in [0, 0.05) is 36.3 Å². The Balaban J connectivity index is 1.56. The van der Waals surface area contributed by atoms with E-state index in [1.54, 1.807) is 12.1 Å². The molecule has 4 heterocycles. The van der Waals surface area contributed by atoms with Gasteiger partial charge in [0.1, 0.15) is 11.5 Å². The smallest absolute Gasteiger partial charge is 0.370 e. The molecule has 1 saturated heterocycles. The molecule has 1 atom stereocenters. The number of pyridine rings is 2. The van der Waals surface area contributed by atoms with Crippen molar-refractivity contribution in [2.24, 2.45) is 0 Å². The van der Waals surface area contributed by atoms with Gasteiger partial charge in [-0.25, -0.2) is 4.98 Å². The molecule has 0 radical (unpaired) electrons. The van der Waals surface area contributed by atoms with Crippen LogP contribution in [-0.2, 0) is 6.18 Å². The van der Waals surface area contributed by atoms with Crippen LogP contribution in [0.15, 0.2) is 54.7 Å². The first-order chi connectivity index (χ1) is 14.0. The third kappa shape index (κ3) is 3.18. The predicted molar refractivity (Wildman–Crippen MR) is 104 cm³/mol. The first-order valence-electron chi connectivity index (χ1n) is 9.52. The summed E-state index contributed by atoms with van der Waals surface area (Å²) in [6.45, 7) is 1.28. The van der Waals surface area contributed by atoms with Gasteiger partial charge in [-0.3, -0.25) is 4.40 Å². The summed E-state index contributed by atoms with van der Waals surface area (Å²) >= 11 is 0. The van der Waals surface area contributed by atoms with Crippen LogP contribution in [0.3, 0.4) is 0 Å². The van der Waals surface area contributed by atoms with Gasteiger partial charge in [0.05, 0.1) is 5.52 Å². The Kier molecular flexibility index (Phi) is 4.15. The van der Waals surface area contributed by atoms with Crippen LogP contribution < -0.4 is 4.90 Å². The standard InChI is InChI=1S/C21H18F3N5/c22-21(23,24)18-12-17(15-7-1-2-8-16(15)25-18)28-10-5-6-14(13-28)20-27-26-19-9-3-4-11-29(19)20/h1-4,7-9,11-12,14H,5-6,10,13H2/t14-/m0/s1. The number of fused-ring (bicyclic) bond motifs is 2. The van der Waals surface area contributed by atoms with Crippen molar-refractivity contribution < 1.29 is 13.2 Å². The number of hydrogen-bond acceptors (Lipinski definition) is 4. The van der Waals surface area contributed by atoms with Crippen LogP contribution in [0.4, 0.5) is 18.9 Å². The number of anilines is 1. The fraction of sp³-hybridized carbons (Fsp3) is 0.286. The van der Waals surface area contributed by atoms with Crippen LogP contribution in [0.5, 0.6) is 0 Å². The fourth-order valence-electron chi connectivity index (χ4n) is 4.11. The average Bonchev–Trinajstić information content (AvgIpc) is 3.16. The molecule has 0 saturated carbocycles. The van der Waals surface area contributed by atoms with E-state index >= 15 is 0 Å². The molecule has 148 valence electrons. The maximum atomic E-state index is 13.4. The first-order valence-corrected chi connectivity index (χ1v) is 9.52. The van der Waals surface area contributed by atoms with Gasteiger partial charge < -0.3 is 4.90 Å². The van der Waals surface area contributed by atoms with Gasteiger partial charge in [-0.2, -0.15) is 13.2 Å². The second kappa shape index (κ2) is 6.72. The Morgan fingerprint density at radius 1 is 1.00 bits per heavy atom. The maximum Gasteiger partial charge on any atom is 0.433 e. The molecule has 1 fully saturated rings. The lowest BCUT2D eigenvalue weighted by molar-refractivity contribution is -0.140. The molecule has 1 aliphatic heterocycles. The van der Waals surface area contributed by atoms with E-state index in [9.17, 15) is 13.2 Å². The summed E-state index contributed by atoms with van der Waals surface area (Å²) in [5.74, 6) is 0.933. The Morgan fingerprint density at radius 2 is 1.83 bits per heavy atom. The highest BCUT2D eigenvalue weighted by Crippen LogP contribution is 2.37. The van der Waals surface area contributed by atoms with E-state index in [2.05, 4.69) is 15.2 Å². The number of nitrogens with zero attached hydrogens (tertiary/aromatic N) is 5. The van der Waals surface area contributed by atoms with Crippen molar-refractivity contribution >= 4 is 22.2 Å². The number of alkyl halides is 3. The molecule has 4 aromatic rings. The zero-order valence-electron chi connectivity index (χ0n) is 15.5. The van der Waals surface area contributed by atoms with Crippen molar-refractivity contribution in [1.82, 2.24) is 19.6 Å².